The average molecular weight is 472 g/mol. The third-order valence-corrected chi connectivity index (χ3v) is 6.40. The van der Waals surface area contributed by atoms with E-state index < -0.39 is 0 Å². The van der Waals surface area contributed by atoms with Gasteiger partial charge in [0.15, 0.2) is 11.5 Å². The van der Waals surface area contributed by atoms with E-state index in [1.54, 1.807) is 18.2 Å². The summed E-state index contributed by atoms with van der Waals surface area (Å²) >= 11 is 0. The highest BCUT2D eigenvalue weighted by Crippen LogP contribution is 2.47. The molecule has 0 bridgehead atoms. The second-order valence-corrected chi connectivity index (χ2v) is 8.70. The number of nitrogens with one attached hydrogen (secondary N) is 1. The number of fused-ring (bicyclic) bond motifs is 1. The predicted octanol–water partition coefficient (Wildman–Crippen LogP) is 7.16. The normalized spacial score (nSPS) is 13.8. The van der Waals surface area contributed by atoms with Crippen LogP contribution in [0.1, 0.15) is 54.5 Å². The zero-order valence-electron chi connectivity index (χ0n) is 20.5. The fourth-order valence-electron chi connectivity index (χ4n) is 4.82. The van der Waals surface area contributed by atoms with E-state index in [-0.39, 0.29) is 23.9 Å². The van der Waals surface area contributed by atoms with E-state index in [1.807, 2.05) is 57.2 Å². The highest BCUT2D eigenvalue weighted by Gasteiger charge is 2.30. The van der Waals surface area contributed by atoms with Crippen molar-refractivity contribution in [3.63, 3.8) is 0 Å². The Hall–Kier alpha value is -3.86. The number of anilines is 1. The van der Waals surface area contributed by atoms with Crippen LogP contribution in [0.4, 0.5) is 10.1 Å². The Kier molecular flexibility index (Phi) is 7.06. The Morgan fingerprint density at radius 3 is 2.54 bits per heavy atom. The Morgan fingerprint density at radius 1 is 1.06 bits per heavy atom. The van der Waals surface area contributed by atoms with Crippen LogP contribution in [0.5, 0.6) is 11.5 Å². The quantitative estimate of drug-likeness (QED) is 0.384. The third kappa shape index (κ3) is 4.85. The molecule has 0 radical (unpaired) electrons. The summed E-state index contributed by atoms with van der Waals surface area (Å²) in [7, 11) is 1.51. The number of halogens is 1. The molecule has 0 aliphatic heterocycles. The fourth-order valence-corrected chi connectivity index (χ4v) is 4.82. The first kappa shape index (κ1) is 24.3. The lowest BCUT2D eigenvalue weighted by Gasteiger charge is -2.13. The molecule has 35 heavy (non-hydrogen) atoms. The van der Waals surface area contributed by atoms with Gasteiger partial charge in [-0.05, 0) is 101 Å². The van der Waals surface area contributed by atoms with Gasteiger partial charge in [0.25, 0.3) is 0 Å². The predicted molar refractivity (Wildman–Crippen MR) is 140 cm³/mol. The molecule has 0 heterocycles. The van der Waals surface area contributed by atoms with Gasteiger partial charge in [-0.15, -0.1) is 0 Å². The number of benzene rings is 3. The van der Waals surface area contributed by atoms with Crippen molar-refractivity contribution in [1.29, 1.82) is 0 Å². The molecule has 4 rings (SSSR count). The monoisotopic (exact) mass is 471 g/mol. The molecule has 0 saturated heterocycles. The Morgan fingerprint density at radius 2 is 1.86 bits per heavy atom. The van der Waals surface area contributed by atoms with Crippen molar-refractivity contribution in [2.75, 3.05) is 12.4 Å². The molecular weight excluding hydrogens is 441 g/mol. The van der Waals surface area contributed by atoms with Crippen molar-refractivity contribution >= 4 is 28.8 Å². The maximum absolute atomic E-state index is 14.9. The topological polar surface area (TPSA) is 58.6 Å². The van der Waals surface area contributed by atoms with Gasteiger partial charge in [-0.2, -0.15) is 0 Å². The van der Waals surface area contributed by atoms with Gasteiger partial charge in [0.05, 0.1) is 13.5 Å². The van der Waals surface area contributed by atoms with Crippen LogP contribution in [0.3, 0.4) is 0 Å². The number of allylic oxidation sites excluding steroid dienone is 2. The number of aromatic hydroxyl groups is 1. The molecule has 0 saturated carbocycles. The highest BCUT2D eigenvalue weighted by atomic mass is 19.1. The second-order valence-electron chi connectivity index (χ2n) is 8.70. The van der Waals surface area contributed by atoms with Gasteiger partial charge in [-0.3, -0.25) is 4.79 Å². The largest absolute Gasteiger partial charge is 0.504 e. The summed E-state index contributed by atoms with van der Waals surface area (Å²) in [6, 6.07) is 16.2. The number of aryl methyl sites for hydroxylation is 1. The SMILES string of the molecule is CCC1=C(CC(=O)Nc2cccc(C)c2)c2c(ccc(F)c2CC)C1=Cc1ccc(O)c(OC)c1. The molecule has 1 amide bonds. The molecule has 3 aromatic carbocycles. The van der Waals surface area contributed by atoms with Crippen molar-refractivity contribution in [3.8, 4) is 11.5 Å². The number of phenols is 1. The van der Waals surface area contributed by atoms with Crippen molar-refractivity contribution in [2.24, 2.45) is 0 Å². The van der Waals surface area contributed by atoms with Gasteiger partial charge < -0.3 is 15.2 Å². The van der Waals surface area contributed by atoms with E-state index >= 15 is 0 Å². The van der Waals surface area contributed by atoms with Crippen molar-refractivity contribution < 1.29 is 19.0 Å². The van der Waals surface area contributed by atoms with E-state index in [0.29, 0.717) is 24.2 Å². The number of carbonyl (C=O) groups excluding carboxylic acids is 1. The number of hydrogen-bond donors (Lipinski definition) is 2. The van der Waals surface area contributed by atoms with Crippen LogP contribution in [-0.2, 0) is 11.2 Å². The molecule has 0 fully saturated rings. The van der Waals surface area contributed by atoms with E-state index in [2.05, 4.69) is 5.32 Å². The summed E-state index contributed by atoms with van der Waals surface area (Å²) in [6.45, 7) is 5.96. The Bertz CT molecular complexity index is 1350. The second kappa shape index (κ2) is 10.2. The maximum atomic E-state index is 14.9. The molecule has 5 heteroatoms. The molecule has 180 valence electrons. The van der Waals surface area contributed by atoms with Crippen LogP contribution >= 0.6 is 0 Å². The van der Waals surface area contributed by atoms with E-state index in [1.165, 1.54) is 13.2 Å². The van der Waals surface area contributed by atoms with Crippen LogP contribution in [0.2, 0.25) is 0 Å². The Labute approximate surface area is 205 Å². The molecule has 1 aliphatic rings. The number of methoxy groups -OCH3 is 1. The summed E-state index contributed by atoms with van der Waals surface area (Å²) < 4.78 is 20.2. The van der Waals surface area contributed by atoms with Gasteiger partial charge in [0.1, 0.15) is 5.82 Å². The van der Waals surface area contributed by atoms with Crippen LogP contribution in [-0.4, -0.2) is 18.1 Å². The lowest BCUT2D eigenvalue weighted by Crippen LogP contribution is -2.12. The van der Waals surface area contributed by atoms with Crippen molar-refractivity contribution in [3.05, 3.63) is 93.8 Å². The number of phenolic OH excluding ortho intramolecular Hbond substituents is 1. The number of carbonyl (C=O) groups is 1. The number of amides is 1. The van der Waals surface area contributed by atoms with Crippen LogP contribution in [0, 0.1) is 12.7 Å². The lowest BCUT2D eigenvalue weighted by atomic mass is 9.94. The van der Waals surface area contributed by atoms with Gasteiger partial charge in [0, 0.05) is 5.69 Å². The lowest BCUT2D eigenvalue weighted by molar-refractivity contribution is -0.115. The highest BCUT2D eigenvalue weighted by molar-refractivity contribution is 6.10. The maximum Gasteiger partial charge on any atom is 0.228 e. The van der Waals surface area contributed by atoms with Crippen LogP contribution in [0.15, 0.2) is 60.2 Å². The van der Waals surface area contributed by atoms with Gasteiger partial charge in [-0.25, -0.2) is 4.39 Å². The minimum atomic E-state index is -0.258. The molecule has 0 atom stereocenters. The smallest absolute Gasteiger partial charge is 0.228 e. The average Bonchev–Trinajstić information content (AvgIpc) is 3.12. The standard InChI is InChI=1S/C30H30FNO3/c1-5-21-24(15-19-10-13-27(33)28(16-19)35-4)23-11-12-26(31)22(6-2)30(23)25(21)17-29(34)32-20-9-7-8-18(3)14-20/h7-16,33H,5-6,17H2,1-4H3,(H,32,34). The summed E-state index contributed by atoms with van der Waals surface area (Å²) in [5, 5.41) is 13.0. The van der Waals surface area contributed by atoms with Crippen molar-refractivity contribution in [1.82, 2.24) is 0 Å². The van der Waals surface area contributed by atoms with Gasteiger partial charge >= 0.3 is 0 Å². The molecule has 1 aliphatic carbocycles. The minimum absolute atomic E-state index is 0.0663. The number of rotatable bonds is 7. The van der Waals surface area contributed by atoms with Crippen LogP contribution in [0.25, 0.3) is 17.2 Å². The van der Waals surface area contributed by atoms with Crippen LogP contribution < -0.4 is 10.1 Å². The molecular formula is C30H30FNO3. The third-order valence-electron chi connectivity index (χ3n) is 6.40. The zero-order valence-corrected chi connectivity index (χ0v) is 20.5. The number of ether oxygens (including phenoxy) is 1. The van der Waals surface area contributed by atoms with E-state index in [4.69, 9.17) is 4.74 Å². The molecule has 4 nitrogen and oxygen atoms in total. The molecule has 0 aromatic heterocycles. The van der Waals surface area contributed by atoms with Gasteiger partial charge in [-0.1, -0.05) is 38.1 Å². The van der Waals surface area contributed by atoms with E-state index in [9.17, 15) is 14.3 Å². The summed E-state index contributed by atoms with van der Waals surface area (Å²) in [4.78, 5) is 13.1. The summed E-state index contributed by atoms with van der Waals surface area (Å²) in [5.41, 5.74) is 7.86. The van der Waals surface area contributed by atoms with Crippen molar-refractivity contribution in [2.45, 2.75) is 40.0 Å². The molecule has 3 aromatic rings. The fraction of sp³-hybridized carbons (Fsp3) is 0.233. The minimum Gasteiger partial charge on any atom is -0.504 e. The summed E-state index contributed by atoms with van der Waals surface area (Å²) in [6.07, 6.45) is 3.38. The molecule has 2 N–H and O–H groups in total. The van der Waals surface area contributed by atoms with Gasteiger partial charge in [0.2, 0.25) is 5.91 Å². The first-order valence-electron chi connectivity index (χ1n) is 11.9. The van der Waals surface area contributed by atoms with E-state index in [0.717, 1.165) is 44.7 Å². The Balaban J connectivity index is 1.82. The number of hydrogen-bond acceptors (Lipinski definition) is 3. The molecule has 0 spiro atoms. The molecule has 0 unspecified atom stereocenters. The first-order chi connectivity index (χ1) is 16.9. The summed E-state index contributed by atoms with van der Waals surface area (Å²) in [5.74, 6) is 0.0505. The first-order valence-corrected chi connectivity index (χ1v) is 11.9. The zero-order chi connectivity index (χ0) is 25.1.